The van der Waals surface area contributed by atoms with Crippen molar-refractivity contribution >= 4 is 15.7 Å². The van der Waals surface area contributed by atoms with Crippen LogP contribution < -0.4 is 0 Å². The van der Waals surface area contributed by atoms with Gasteiger partial charge in [-0.2, -0.15) is 5.10 Å². The summed E-state index contributed by atoms with van der Waals surface area (Å²) < 4.78 is 40.0. The predicted octanol–water partition coefficient (Wildman–Crippen LogP) is 2.28. The molecule has 1 aliphatic rings. The molecule has 1 heterocycles. The zero-order valence-electron chi connectivity index (χ0n) is 15.6. The summed E-state index contributed by atoms with van der Waals surface area (Å²) in [5.41, 5.74) is 3.31. The first-order valence-electron chi connectivity index (χ1n) is 9.03. The minimum atomic E-state index is -3.36. The van der Waals surface area contributed by atoms with E-state index in [1.165, 1.54) is 17.0 Å². The van der Waals surface area contributed by atoms with Crippen molar-refractivity contribution in [1.82, 2.24) is 14.7 Å². The zero-order valence-corrected chi connectivity index (χ0v) is 16.4. The molecule has 1 aromatic heterocycles. The molecule has 0 saturated heterocycles. The highest BCUT2D eigenvalue weighted by Gasteiger charge is 2.26. The van der Waals surface area contributed by atoms with Gasteiger partial charge in [0.05, 0.1) is 22.9 Å². The van der Waals surface area contributed by atoms with Crippen molar-refractivity contribution in [3.63, 3.8) is 0 Å². The number of carbonyl (C=O) groups excluding carboxylic acids is 1. The molecule has 1 aliphatic carbocycles. The van der Waals surface area contributed by atoms with Crippen LogP contribution in [0.25, 0.3) is 5.69 Å². The summed E-state index contributed by atoms with van der Waals surface area (Å²) in [5.74, 6) is -0.561. The lowest BCUT2D eigenvalue weighted by atomic mass is 10.2. The number of carbonyl (C=O) groups is 1. The third kappa shape index (κ3) is 4.55. The second-order valence-corrected chi connectivity index (χ2v) is 9.28. The molecule has 0 unspecified atom stereocenters. The molecule has 8 heteroatoms. The quantitative estimate of drug-likeness (QED) is 0.724. The second kappa shape index (κ2) is 7.80. The van der Waals surface area contributed by atoms with E-state index in [1.807, 2.05) is 0 Å². The first kappa shape index (κ1) is 19.5. The fourth-order valence-corrected chi connectivity index (χ4v) is 4.75. The molecule has 27 heavy (non-hydrogen) atoms. The van der Waals surface area contributed by atoms with Gasteiger partial charge in [0.15, 0.2) is 9.84 Å². The number of hydrogen-bond acceptors (Lipinski definition) is 4. The Hall–Kier alpha value is -2.22. The number of amides is 1. The number of aromatic nitrogens is 2. The van der Waals surface area contributed by atoms with Crippen molar-refractivity contribution in [2.45, 2.75) is 37.9 Å². The van der Waals surface area contributed by atoms with Gasteiger partial charge in [-0.25, -0.2) is 17.5 Å². The van der Waals surface area contributed by atoms with Gasteiger partial charge in [-0.05, 0) is 55.5 Å². The fraction of sp³-hybridized carbons (Fsp3) is 0.474. The molecule has 0 saturated carbocycles. The summed E-state index contributed by atoms with van der Waals surface area (Å²) >= 11 is 0. The third-order valence-corrected chi connectivity index (χ3v) is 6.41. The lowest BCUT2D eigenvalue weighted by molar-refractivity contribution is -0.128. The summed E-state index contributed by atoms with van der Waals surface area (Å²) in [6.45, 7) is 0. The van der Waals surface area contributed by atoms with Gasteiger partial charge in [-0.1, -0.05) is 0 Å². The van der Waals surface area contributed by atoms with Gasteiger partial charge >= 0.3 is 0 Å². The lowest BCUT2D eigenvalue weighted by Gasteiger charge is -2.09. The number of nitrogens with zero attached hydrogens (tertiary/aromatic N) is 3. The summed E-state index contributed by atoms with van der Waals surface area (Å²) in [4.78, 5) is 13.1. The summed E-state index contributed by atoms with van der Waals surface area (Å²) in [6, 6.07) is 6.03. The second-order valence-electron chi connectivity index (χ2n) is 7.10. The fourth-order valence-electron chi connectivity index (χ4n) is 3.37. The van der Waals surface area contributed by atoms with E-state index in [0.717, 1.165) is 36.2 Å². The Morgan fingerprint density at radius 3 is 2.59 bits per heavy atom. The van der Waals surface area contributed by atoms with Crippen LogP contribution in [0.2, 0.25) is 0 Å². The maximum absolute atomic E-state index is 13.2. The van der Waals surface area contributed by atoms with Crippen LogP contribution in [0.4, 0.5) is 4.39 Å². The van der Waals surface area contributed by atoms with Gasteiger partial charge in [0, 0.05) is 26.2 Å². The van der Waals surface area contributed by atoms with Crippen molar-refractivity contribution in [3.8, 4) is 5.69 Å². The molecule has 0 atom stereocenters. The highest BCUT2D eigenvalue weighted by Crippen LogP contribution is 2.29. The highest BCUT2D eigenvalue weighted by atomic mass is 32.2. The van der Waals surface area contributed by atoms with E-state index in [-0.39, 0.29) is 29.7 Å². The molecular weight excluding hydrogens is 369 g/mol. The zero-order chi connectivity index (χ0) is 19.6. The SMILES string of the molecule is CN(C)C(=O)CCCS(=O)(=O)Cc1nn(-c2ccc(F)cc2)c2c1CCC2. The standard InChI is InChI=1S/C19H24FN3O3S/c1-22(2)19(24)7-4-12-27(25,26)13-17-16-5-3-6-18(16)23(21-17)15-10-8-14(20)9-11-15/h8-11H,3-7,12-13H2,1-2H3. The van der Waals surface area contributed by atoms with Gasteiger partial charge in [0.25, 0.3) is 0 Å². The van der Waals surface area contributed by atoms with Gasteiger partial charge in [-0.15, -0.1) is 0 Å². The first-order chi connectivity index (χ1) is 12.8. The van der Waals surface area contributed by atoms with E-state index in [1.54, 1.807) is 30.9 Å². The Balaban J connectivity index is 1.76. The molecule has 146 valence electrons. The van der Waals surface area contributed by atoms with Crippen molar-refractivity contribution < 1.29 is 17.6 Å². The number of benzene rings is 1. The van der Waals surface area contributed by atoms with E-state index < -0.39 is 9.84 Å². The normalized spacial score (nSPS) is 13.6. The highest BCUT2D eigenvalue weighted by molar-refractivity contribution is 7.90. The van der Waals surface area contributed by atoms with E-state index in [9.17, 15) is 17.6 Å². The first-order valence-corrected chi connectivity index (χ1v) is 10.8. The van der Waals surface area contributed by atoms with Crippen LogP contribution in [0.5, 0.6) is 0 Å². The van der Waals surface area contributed by atoms with Gasteiger partial charge < -0.3 is 4.90 Å². The molecule has 6 nitrogen and oxygen atoms in total. The van der Waals surface area contributed by atoms with Crippen LogP contribution in [0.1, 0.15) is 36.2 Å². The minimum Gasteiger partial charge on any atom is -0.349 e. The Labute approximate surface area is 158 Å². The number of sulfone groups is 1. The van der Waals surface area contributed by atoms with Crippen molar-refractivity contribution in [3.05, 3.63) is 47.0 Å². The van der Waals surface area contributed by atoms with Gasteiger partial charge in [-0.3, -0.25) is 4.79 Å². The molecule has 0 fully saturated rings. The van der Waals surface area contributed by atoms with E-state index in [2.05, 4.69) is 5.10 Å². The smallest absolute Gasteiger partial charge is 0.222 e. The topological polar surface area (TPSA) is 72.3 Å². The van der Waals surface area contributed by atoms with Crippen LogP contribution in [-0.2, 0) is 33.2 Å². The van der Waals surface area contributed by atoms with Crippen LogP contribution in [0.15, 0.2) is 24.3 Å². The molecule has 2 aromatic rings. The largest absolute Gasteiger partial charge is 0.349 e. The lowest BCUT2D eigenvalue weighted by Crippen LogP contribution is -2.22. The summed E-state index contributed by atoms with van der Waals surface area (Å²) in [5, 5.41) is 4.53. The minimum absolute atomic E-state index is 0.0369. The van der Waals surface area contributed by atoms with Crippen LogP contribution in [0, 0.1) is 5.82 Å². The molecule has 0 bridgehead atoms. The number of hydrogen-bond donors (Lipinski definition) is 0. The Morgan fingerprint density at radius 2 is 1.93 bits per heavy atom. The molecule has 0 radical (unpaired) electrons. The number of halogens is 1. The maximum Gasteiger partial charge on any atom is 0.222 e. The number of rotatable bonds is 7. The molecular formula is C19H24FN3O3S. The van der Waals surface area contributed by atoms with E-state index >= 15 is 0 Å². The maximum atomic E-state index is 13.2. The molecule has 0 aliphatic heterocycles. The average Bonchev–Trinajstić information content (AvgIpc) is 3.19. The van der Waals surface area contributed by atoms with E-state index in [4.69, 9.17) is 0 Å². The Morgan fingerprint density at radius 1 is 1.22 bits per heavy atom. The summed E-state index contributed by atoms with van der Waals surface area (Å²) in [6.07, 6.45) is 3.12. The van der Waals surface area contributed by atoms with Crippen LogP contribution >= 0.6 is 0 Å². The third-order valence-electron chi connectivity index (χ3n) is 4.79. The Bertz CT molecular complexity index is 934. The van der Waals surface area contributed by atoms with Crippen molar-refractivity contribution in [1.29, 1.82) is 0 Å². The molecule has 1 amide bonds. The average molecular weight is 393 g/mol. The number of fused-ring (bicyclic) bond motifs is 1. The molecule has 0 spiro atoms. The van der Waals surface area contributed by atoms with Gasteiger partial charge in [0.1, 0.15) is 5.82 Å². The molecule has 0 N–H and O–H groups in total. The van der Waals surface area contributed by atoms with Crippen molar-refractivity contribution in [2.75, 3.05) is 19.8 Å². The Kier molecular flexibility index (Phi) is 5.64. The molecule has 3 rings (SSSR count). The van der Waals surface area contributed by atoms with Crippen LogP contribution in [-0.4, -0.2) is 48.9 Å². The van der Waals surface area contributed by atoms with Crippen LogP contribution in [0.3, 0.4) is 0 Å². The van der Waals surface area contributed by atoms with Crippen molar-refractivity contribution in [2.24, 2.45) is 0 Å². The van der Waals surface area contributed by atoms with E-state index in [0.29, 0.717) is 12.1 Å². The van der Waals surface area contributed by atoms with Gasteiger partial charge in [0.2, 0.25) is 5.91 Å². The molecule has 1 aromatic carbocycles. The monoisotopic (exact) mass is 393 g/mol. The predicted molar refractivity (Wildman–Crippen MR) is 101 cm³/mol. The summed E-state index contributed by atoms with van der Waals surface area (Å²) in [7, 11) is -0.0497.